The molecule has 3 N–H and O–H groups in total. The number of aromatic hydroxyl groups is 1. The Balaban J connectivity index is 1.55. The third kappa shape index (κ3) is 3.15. The van der Waals surface area contributed by atoms with Crippen LogP contribution in [0.1, 0.15) is 23.2 Å². The number of hydrogen-bond acceptors (Lipinski definition) is 5. The quantitative estimate of drug-likeness (QED) is 0.757. The number of nitrogens with two attached hydrogens (primary N) is 1. The molecule has 4 rings (SSSR count). The molecular weight excluding hydrogens is 326 g/mol. The van der Waals surface area contributed by atoms with Gasteiger partial charge in [-0.05, 0) is 44.0 Å². The molecule has 1 atom stereocenters. The van der Waals surface area contributed by atoms with E-state index in [0.29, 0.717) is 17.7 Å². The molecule has 2 aromatic heterocycles. The summed E-state index contributed by atoms with van der Waals surface area (Å²) < 4.78 is 1.50. The Kier molecular flexibility index (Phi) is 4.34. The van der Waals surface area contributed by atoms with Crippen LogP contribution in [0, 0.1) is 0 Å². The fraction of sp³-hybridized carbons (Fsp3) is 0.300. The number of likely N-dealkylation sites (N-methyl/N-ethyl adjacent to an activating group) is 1. The number of aromatic nitrogens is 3. The van der Waals surface area contributed by atoms with E-state index >= 15 is 0 Å². The molecule has 0 spiro atoms. The first kappa shape index (κ1) is 16.6. The Hall–Kier alpha value is -2.86. The Morgan fingerprint density at radius 3 is 2.77 bits per heavy atom. The summed E-state index contributed by atoms with van der Waals surface area (Å²) in [5, 5.41) is 15.3. The van der Waals surface area contributed by atoms with Crippen molar-refractivity contribution in [3.63, 3.8) is 0 Å². The maximum atomic E-state index is 10.7. The topological polar surface area (TPSA) is 80.2 Å². The summed E-state index contributed by atoms with van der Waals surface area (Å²) in [5.41, 5.74) is 8.94. The first-order valence-corrected chi connectivity index (χ1v) is 8.88. The van der Waals surface area contributed by atoms with Crippen LogP contribution in [0.2, 0.25) is 0 Å². The summed E-state index contributed by atoms with van der Waals surface area (Å²) >= 11 is 0. The summed E-state index contributed by atoms with van der Waals surface area (Å²) in [4.78, 5) is 6.62. The van der Waals surface area contributed by atoms with Crippen LogP contribution in [-0.2, 0) is 19.4 Å². The van der Waals surface area contributed by atoms with Gasteiger partial charge in [0, 0.05) is 18.2 Å². The average Bonchev–Trinajstić information content (AvgIpc) is 2.99. The maximum absolute atomic E-state index is 10.7. The van der Waals surface area contributed by atoms with Crippen LogP contribution in [0.4, 0.5) is 5.82 Å². The van der Waals surface area contributed by atoms with Crippen LogP contribution in [0.5, 0.6) is 5.88 Å². The molecule has 1 unspecified atom stereocenters. The molecule has 2 heterocycles. The van der Waals surface area contributed by atoms with Crippen LogP contribution in [0.25, 0.3) is 5.82 Å². The van der Waals surface area contributed by atoms with Gasteiger partial charge in [0.05, 0.1) is 5.69 Å². The molecule has 0 bridgehead atoms. The van der Waals surface area contributed by atoms with Crippen LogP contribution < -0.4 is 5.73 Å². The predicted octanol–water partition coefficient (Wildman–Crippen LogP) is 2.54. The van der Waals surface area contributed by atoms with E-state index in [1.807, 2.05) is 12.1 Å². The van der Waals surface area contributed by atoms with Crippen LogP contribution >= 0.6 is 0 Å². The van der Waals surface area contributed by atoms with Crippen molar-refractivity contribution in [3.8, 4) is 11.7 Å². The molecule has 0 amide bonds. The van der Waals surface area contributed by atoms with Crippen LogP contribution in [-0.4, -0.2) is 37.9 Å². The lowest BCUT2D eigenvalue weighted by molar-refractivity contribution is 0.212. The number of nitrogens with zero attached hydrogens (tertiary/aromatic N) is 4. The van der Waals surface area contributed by atoms with E-state index < -0.39 is 0 Å². The lowest BCUT2D eigenvalue weighted by Crippen LogP contribution is -2.35. The molecule has 1 aliphatic rings. The van der Waals surface area contributed by atoms with Crippen LogP contribution in [0.3, 0.4) is 0 Å². The van der Waals surface area contributed by atoms with E-state index in [0.717, 1.165) is 37.1 Å². The van der Waals surface area contributed by atoms with Crippen molar-refractivity contribution in [1.82, 2.24) is 19.7 Å². The van der Waals surface area contributed by atoms with Crippen LogP contribution in [0.15, 0.2) is 48.5 Å². The lowest BCUT2D eigenvalue weighted by atomic mass is 9.92. The van der Waals surface area contributed by atoms with Crippen molar-refractivity contribution in [1.29, 1.82) is 0 Å². The minimum absolute atomic E-state index is 0.177. The minimum Gasteiger partial charge on any atom is -0.493 e. The molecule has 134 valence electrons. The van der Waals surface area contributed by atoms with E-state index in [1.165, 1.54) is 10.2 Å². The molecule has 1 aromatic carbocycles. The van der Waals surface area contributed by atoms with Gasteiger partial charge >= 0.3 is 0 Å². The van der Waals surface area contributed by atoms with Gasteiger partial charge in [-0.25, -0.2) is 4.98 Å². The van der Waals surface area contributed by atoms with Crippen molar-refractivity contribution in [2.24, 2.45) is 0 Å². The first-order chi connectivity index (χ1) is 12.6. The van der Waals surface area contributed by atoms with E-state index in [-0.39, 0.29) is 5.88 Å². The standard InChI is InChI=1S/C20H23N5O/c1-24(13-14-6-3-2-4-7-14)15-10-11-17-16(12-15)20(26)25(23-17)19-9-5-8-18(21)22-19/h2-9,15,26H,10-13H2,1H3,(H2,21,22). The lowest BCUT2D eigenvalue weighted by Gasteiger charge is -2.30. The Bertz CT molecular complexity index is 906. The molecular formula is C20H23N5O. The molecule has 0 aliphatic heterocycles. The molecule has 0 saturated heterocycles. The number of anilines is 1. The average molecular weight is 349 g/mol. The zero-order chi connectivity index (χ0) is 18.1. The molecule has 1 aliphatic carbocycles. The van der Waals surface area contributed by atoms with Gasteiger partial charge in [0.25, 0.3) is 0 Å². The molecule has 3 aromatic rings. The highest BCUT2D eigenvalue weighted by Gasteiger charge is 2.29. The number of pyridine rings is 1. The van der Waals surface area contributed by atoms with Crippen molar-refractivity contribution < 1.29 is 5.11 Å². The van der Waals surface area contributed by atoms with Gasteiger partial charge in [-0.15, -0.1) is 0 Å². The van der Waals surface area contributed by atoms with Crippen molar-refractivity contribution >= 4 is 5.82 Å². The van der Waals surface area contributed by atoms with Gasteiger partial charge in [0.1, 0.15) is 5.82 Å². The first-order valence-electron chi connectivity index (χ1n) is 8.88. The van der Waals surface area contributed by atoms with Gasteiger partial charge in [0.2, 0.25) is 5.88 Å². The Morgan fingerprint density at radius 2 is 2.00 bits per heavy atom. The van der Waals surface area contributed by atoms with E-state index in [1.54, 1.807) is 12.1 Å². The van der Waals surface area contributed by atoms with Gasteiger partial charge < -0.3 is 10.8 Å². The highest BCUT2D eigenvalue weighted by molar-refractivity contribution is 5.42. The Morgan fingerprint density at radius 1 is 1.19 bits per heavy atom. The largest absolute Gasteiger partial charge is 0.493 e. The summed E-state index contributed by atoms with van der Waals surface area (Å²) in [5.74, 6) is 1.14. The number of nitrogen functional groups attached to an aromatic ring is 1. The van der Waals surface area contributed by atoms with Crippen molar-refractivity contribution in [2.75, 3.05) is 12.8 Å². The van der Waals surface area contributed by atoms with E-state index in [9.17, 15) is 5.11 Å². The molecule has 26 heavy (non-hydrogen) atoms. The second-order valence-corrected chi connectivity index (χ2v) is 6.88. The van der Waals surface area contributed by atoms with Gasteiger partial charge in [-0.2, -0.15) is 9.78 Å². The zero-order valence-corrected chi connectivity index (χ0v) is 14.8. The summed E-state index contributed by atoms with van der Waals surface area (Å²) in [7, 11) is 2.14. The molecule has 6 nitrogen and oxygen atoms in total. The fourth-order valence-electron chi connectivity index (χ4n) is 3.63. The third-order valence-corrected chi connectivity index (χ3v) is 5.06. The summed E-state index contributed by atoms with van der Waals surface area (Å²) in [6.07, 6.45) is 2.66. The van der Waals surface area contributed by atoms with Gasteiger partial charge in [0.15, 0.2) is 5.82 Å². The smallest absolute Gasteiger partial charge is 0.219 e. The highest BCUT2D eigenvalue weighted by Crippen LogP contribution is 2.32. The number of fused-ring (bicyclic) bond motifs is 1. The zero-order valence-electron chi connectivity index (χ0n) is 14.8. The molecule has 0 fully saturated rings. The monoisotopic (exact) mass is 349 g/mol. The maximum Gasteiger partial charge on any atom is 0.219 e. The number of aryl methyl sites for hydroxylation is 1. The molecule has 6 heteroatoms. The van der Waals surface area contributed by atoms with E-state index in [4.69, 9.17) is 5.73 Å². The Labute approximate surface area is 152 Å². The number of rotatable bonds is 4. The second-order valence-electron chi connectivity index (χ2n) is 6.88. The predicted molar refractivity (Wildman–Crippen MR) is 101 cm³/mol. The van der Waals surface area contributed by atoms with Crippen molar-refractivity contribution in [2.45, 2.75) is 31.8 Å². The third-order valence-electron chi connectivity index (χ3n) is 5.06. The van der Waals surface area contributed by atoms with Gasteiger partial charge in [-0.3, -0.25) is 4.90 Å². The number of hydrogen-bond donors (Lipinski definition) is 2. The van der Waals surface area contributed by atoms with Crippen molar-refractivity contribution in [3.05, 3.63) is 65.4 Å². The highest BCUT2D eigenvalue weighted by atomic mass is 16.3. The summed E-state index contributed by atoms with van der Waals surface area (Å²) in [6, 6.07) is 16.2. The second kappa shape index (κ2) is 6.80. The SMILES string of the molecule is CN(Cc1ccccc1)C1CCc2nn(-c3cccc(N)n3)c(O)c2C1. The molecule has 0 radical (unpaired) electrons. The fourth-order valence-corrected chi connectivity index (χ4v) is 3.63. The number of benzene rings is 1. The minimum atomic E-state index is 0.177. The molecule has 0 saturated carbocycles. The van der Waals surface area contributed by atoms with Gasteiger partial charge in [-0.1, -0.05) is 36.4 Å². The normalized spacial score (nSPS) is 16.6. The van der Waals surface area contributed by atoms with E-state index in [2.05, 4.69) is 46.3 Å². The summed E-state index contributed by atoms with van der Waals surface area (Å²) in [6.45, 7) is 0.895.